The van der Waals surface area contributed by atoms with Crippen molar-refractivity contribution < 1.29 is 10.1 Å². The molecule has 0 radical (unpaired) electrons. The van der Waals surface area contributed by atoms with Gasteiger partial charge in [-0.3, -0.25) is 0 Å². The van der Waals surface area contributed by atoms with Gasteiger partial charge in [0, 0.05) is 5.56 Å². The third-order valence-corrected chi connectivity index (χ3v) is 3.36. The maximum atomic E-state index is 5.12. The highest BCUT2D eigenvalue weighted by Crippen LogP contribution is 2.10. The van der Waals surface area contributed by atoms with Crippen LogP contribution in [0.25, 0.3) is 0 Å². The molecule has 0 atom stereocenters. The molecule has 2 aromatic rings. The van der Waals surface area contributed by atoms with Crippen LogP contribution in [0.4, 0.5) is 0 Å². The van der Waals surface area contributed by atoms with Crippen molar-refractivity contribution in [1.29, 1.82) is 0 Å². The highest BCUT2D eigenvalue weighted by molar-refractivity contribution is 7.09. The van der Waals surface area contributed by atoms with Gasteiger partial charge in [-0.25, -0.2) is 0 Å². The summed E-state index contributed by atoms with van der Waals surface area (Å²) in [4.78, 5) is 1.42. The number of rotatable bonds is 5. The Labute approximate surface area is 99.9 Å². The Morgan fingerprint density at radius 3 is 2.56 bits per heavy atom. The maximum Gasteiger partial charge on any atom is 0.118 e. The molecule has 16 heavy (non-hydrogen) atoms. The van der Waals surface area contributed by atoms with Crippen LogP contribution in [0.3, 0.4) is 0 Å². The van der Waals surface area contributed by atoms with Crippen LogP contribution >= 0.6 is 11.3 Å². The Bertz CT molecular complexity index is 408. The summed E-state index contributed by atoms with van der Waals surface area (Å²) in [6.45, 7) is 2.07. The van der Waals surface area contributed by atoms with E-state index < -0.39 is 0 Å². The number of methoxy groups -OCH3 is 1. The fourth-order valence-electron chi connectivity index (χ4n) is 1.57. The number of benzene rings is 1. The molecular weight excluding hydrogens is 218 g/mol. The van der Waals surface area contributed by atoms with E-state index in [1.54, 1.807) is 7.11 Å². The van der Waals surface area contributed by atoms with Gasteiger partial charge in [0.25, 0.3) is 0 Å². The molecule has 2 rings (SSSR count). The molecule has 1 aromatic carbocycles. The lowest BCUT2D eigenvalue weighted by molar-refractivity contribution is -0.685. The first-order chi connectivity index (χ1) is 7.88. The Morgan fingerprint density at radius 2 is 1.94 bits per heavy atom. The summed E-state index contributed by atoms with van der Waals surface area (Å²) in [5.74, 6) is 0.919. The molecule has 0 bridgehead atoms. The quantitative estimate of drug-likeness (QED) is 0.841. The van der Waals surface area contributed by atoms with Crippen molar-refractivity contribution in [3.8, 4) is 5.75 Å². The van der Waals surface area contributed by atoms with Crippen molar-refractivity contribution in [2.24, 2.45) is 0 Å². The van der Waals surface area contributed by atoms with Crippen LogP contribution in [0.15, 0.2) is 41.8 Å². The summed E-state index contributed by atoms with van der Waals surface area (Å²) in [6, 6.07) is 12.5. The van der Waals surface area contributed by atoms with Gasteiger partial charge in [0.1, 0.15) is 18.8 Å². The molecule has 0 amide bonds. The Hall–Kier alpha value is -1.32. The molecule has 0 unspecified atom stereocenters. The van der Waals surface area contributed by atoms with Crippen molar-refractivity contribution >= 4 is 11.3 Å². The monoisotopic (exact) mass is 234 g/mol. The predicted octanol–water partition coefficient (Wildman–Crippen LogP) is 2.02. The number of hydrogen-bond donors (Lipinski definition) is 1. The zero-order valence-electron chi connectivity index (χ0n) is 9.35. The molecule has 3 heteroatoms. The van der Waals surface area contributed by atoms with Crippen molar-refractivity contribution in [1.82, 2.24) is 0 Å². The van der Waals surface area contributed by atoms with E-state index in [9.17, 15) is 0 Å². The summed E-state index contributed by atoms with van der Waals surface area (Å²) in [7, 11) is 1.69. The lowest BCUT2D eigenvalue weighted by Gasteiger charge is -2.02. The molecule has 0 aliphatic heterocycles. The second-order valence-electron chi connectivity index (χ2n) is 3.62. The second kappa shape index (κ2) is 5.68. The lowest BCUT2D eigenvalue weighted by atomic mass is 10.2. The second-order valence-corrected chi connectivity index (χ2v) is 4.66. The zero-order chi connectivity index (χ0) is 11.2. The van der Waals surface area contributed by atoms with E-state index in [4.69, 9.17) is 4.74 Å². The molecule has 0 spiro atoms. The van der Waals surface area contributed by atoms with Gasteiger partial charge in [-0.05, 0) is 35.7 Å². The van der Waals surface area contributed by atoms with E-state index in [2.05, 4.69) is 35.0 Å². The van der Waals surface area contributed by atoms with Gasteiger partial charge in [0.2, 0.25) is 0 Å². The van der Waals surface area contributed by atoms with Crippen LogP contribution in [0.5, 0.6) is 5.75 Å². The molecular formula is C13H16NOS+. The number of thiophene rings is 1. The smallest absolute Gasteiger partial charge is 0.118 e. The molecule has 84 valence electrons. The Morgan fingerprint density at radius 1 is 1.12 bits per heavy atom. The first-order valence-corrected chi connectivity index (χ1v) is 6.23. The van der Waals surface area contributed by atoms with E-state index >= 15 is 0 Å². The minimum absolute atomic E-state index is 0.919. The van der Waals surface area contributed by atoms with Gasteiger partial charge in [-0.2, -0.15) is 0 Å². The third kappa shape index (κ3) is 3.08. The van der Waals surface area contributed by atoms with E-state index in [-0.39, 0.29) is 0 Å². The highest BCUT2D eigenvalue weighted by atomic mass is 32.1. The van der Waals surface area contributed by atoms with Crippen molar-refractivity contribution in [3.63, 3.8) is 0 Å². The topological polar surface area (TPSA) is 25.8 Å². The molecule has 0 aliphatic carbocycles. The van der Waals surface area contributed by atoms with Gasteiger partial charge >= 0.3 is 0 Å². The molecule has 2 nitrogen and oxygen atoms in total. The summed E-state index contributed by atoms with van der Waals surface area (Å²) in [5, 5.41) is 4.43. The van der Waals surface area contributed by atoms with Crippen LogP contribution in [0, 0.1) is 0 Å². The number of hydrogen-bond acceptors (Lipinski definition) is 2. The first-order valence-electron chi connectivity index (χ1n) is 5.35. The molecule has 0 fully saturated rings. The SMILES string of the molecule is COc1ccc(C[NH2+]Cc2cccs2)cc1. The van der Waals surface area contributed by atoms with Crippen LogP contribution in [0.1, 0.15) is 10.4 Å². The van der Waals surface area contributed by atoms with Gasteiger partial charge in [-0.1, -0.05) is 6.07 Å². The lowest BCUT2D eigenvalue weighted by Crippen LogP contribution is -2.80. The summed E-state index contributed by atoms with van der Waals surface area (Å²) in [6.07, 6.45) is 0. The predicted molar refractivity (Wildman–Crippen MR) is 66.6 cm³/mol. The molecule has 0 saturated heterocycles. The molecule has 2 N–H and O–H groups in total. The molecule has 1 aromatic heterocycles. The average molecular weight is 234 g/mol. The third-order valence-electron chi connectivity index (χ3n) is 2.46. The minimum Gasteiger partial charge on any atom is -0.497 e. The summed E-state index contributed by atoms with van der Waals surface area (Å²) >= 11 is 1.81. The van der Waals surface area contributed by atoms with Gasteiger partial charge in [0.05, 0.1) is 12.0 Å². The Kier molecular flexibility index (Phi) is 3.97. The van der Waals surface area contributed by atoms with Crippen LogP contribution in [-0.2, 0) is 13.1 Å². The number of ether oxygens (including phenoxy) is 1. The van der Waals surface area contributed by atoms with Gasteiger partial charge < -0.3 is 10.1 Å². The summed E-state index contributed by atoms with van der Waals surface area (Å²) < 4.78 is 5.12. The summed E-state index contributed by atoms with van der Waals surface area (Å²) in [5.41, 5.74) is 1.33. The van der Waals surface area contributed by atoms with Crippen LogP contribution in [-0.4, -0.2) is 7.11 Å². The highest BCUT2D eigenvalue weighted by Gasteiger charge is 1.98. The van der Waals surface area contributed by atoms with Crippen molar-refractivity contribution in [2.75, 3.05) is 7.11 Å². The van der Waals surface area contributed by atoms with Crippen molar-refractivity contribution in [3.05, 3.63) is 52.2 Å². The molecule has 0 saturated carbocycles. The van der Waals surface area contributed by atoms with E-state index in [0.717, 1.165) is 18.8 Å². The standard InChI is InChI=1S/C13H15NOS/c1-15-12-6-4-11(5-7-12)9-14-10-13-3-2-8-16-13/h2-8,14H,9-10H2,1H3/p+1. The van der Waals surface area contributed by atoms with E-state index in [0.29, 0.717) is 0 Å². The molecule has 1 heterocycles. The Balaban J connectivity index is 1.81. The normalized spacial score (nSPS) is 10.3. The zero-order valence-corrected chi connectivity index (χ0v) is 10.2. The van der Waals surface area contributed by atoms with Crippen molar-refractivity contribution in [2.45, 2.75) is 13.1 Å². The number of quaternary nitrogens is 1. The van der Waals surface area contributed by atoms with E-state index in [1.807, 2.05) is 23.5 Å². The van der Waals surface area contributed by atoms with E-state index in [1.165, 1.54) is 10.4 Å². The largest absolute Gasteiger partial charge is 0.497 e. The van der Waals surface area contributed by atoms with Crippen LogP contribution in [0.2, 0.25) is 0 Å². The minimum atomic E-state index is 0.919. The molecule has 0 aliphatic rings. The van der Waals surface area contributed by atoms with Crippen LogP contribution < -0.4 is 10.1 Å². The fourth-order valence-corrected chi connectivity index (χ4v) is 2.27. The first kappa shape index (κ1) is 11.2. The maximum absolute atomic E-state index is 5.12. The fraction of sp³-hybridized carbons (Fsp3) is 0.231. The number of nitrogens with two attached hydrogens (primary N) is 1. The van der Waals surface area contributed by atoms with Gasteiger partial charge in [0.15, 0.2) is 0 Å². The average Bonchev–Trinajstić information content (AvgIpc) is 2.83. The van der Waals surface area contributed by atoms with Gasteiger partial charge in [-0.15, -0.1) is 11.3 Å².